The van der Waals surface area contributed by atoms with Crippen LogP contribution in [0.5, 0.6) is 0 Å². The third kappa shape index (κ3) is 40.9. The molecule has 0 unspecified atom stereocenters. The number of nitrogen functional groups attached to an aromatic ring is 2. The molecule has 0 aliphatic heterocycles. The molecule has 0 radical (unpaired) electrons. The van der Waals surface area contributed by atoms with E-state index in [4.69, 9.17) is 27.7 Å². The second kappa shape index (κ2) is 59.2. The Hall–Kier alpha value is -15.2. The van der Waals surface area contributed by atoms with E-state index in [-0.39, 0.29) is 135 Å². The zero-order valence-corrected chi connectivity index (χ0v) is 81.2. The number of amides is 5. The van der Waals surface area contributed by atoms with Crippen LogP contribution >= 0.6 is 0 Å². The van der Waals surface area contributed by atoms with Gasteiger partial charge in [0.25, 0.3) is 23.2 Å². The lowest BCUT2D eigenvalue weighted by Gasteiger charge is -2.07. The van der Waals surface area contributed by atoms with Crippen LogP contribution in [0.2, 0.25) is 0 Å². The molecule has 13 N–H and O–H groups in total. The van der Waals surface area contributed by atoms with Gasteiger partial charge >= 0.3 is 52.7 Å². The number of hydroxylamine groups is 3. The van der Waals surface area contributed by atoms with Crippen LogP contribution in [0, 0.1) is 0 Å². The molecule has 12 aromatic heterocycles. The minimum absolute atomic E-state index is 0.0428. The maximum absolute atomic E-state index is 11.3. The summed E-state index contributed by atoms with van der Waals surface area (Å²) in [5, 5.41) is 60.6. The molecule has 0 aliphatic rings. The van der Waals surface area contributed by atoms with Gasteiger partial charge in [0.2, 0.25) is 11.6 Å². The van der Waals surface area contributed by atoms with Crippen molar-refractivity contribution in [3.63, 3.8) is 0 Å². The van der Waals surface area contributed by atoms with Gasteiger partial charge in [0, 0.05) is 125 Å². The first kappa shape index (κ1) is 117. The number of hydrogen-bond donors (Lipinski definition) is 10. The first-order valence-corrected chi connectivity index (χ1v) is 41.7. The highest BCUT2D eigenvalue weighted by molar-refractivity contribution is 5.93. The summed E-state index contributed by atoms with van der Waals surface area (Å²) in [5.74, 6) is 7.04. The molecule has 0 aliphatic carbocycles. The molecule has 0 saturated heterocycles. The predicted molar refractivity (Wildman–Crippen MR) is 480 cm³/mol. The number of carbonyl (C=O) groups excluding carboxylic acids is 8. The van der Waals surface area contributed by atoms with E-state index < -0.39 is 29.6 Å². The molecule has 0 aromatic carbocycles. The second-order valence-corrected chi connectivity index (χ2v) is 31.2. The number of primary amides is 1. The van der Waals surface area contributed by atoms with Crippen molar-refractivity contribution in [2.75, 3.05) is 26.9 Å². The maximum atomic E-state index is 11.3. The lowest BCUT2D eigenvalue weighted by Crippen LogP contribution is -2.30. The first-order chi connectivity index (χ1) is 62.7. The number of ketones is 2. The molecule has 12 heterocycles. The van der Waals surface area contributed by atoms with Gasteiger partial charge in [-0.05, 0) is 103 Å². The molecule has 55 nitrogen and oxygen atoms in total. The van der Waals surface area contributed by atoms with Gasteiger partial charge in [-0.1, -0.05) is 91.6 Å². The average molecular weight is 1880 g/mol. The van der Waals surface area contributed by atoms with Crippen molar-refractivity contribution in [3.8, 4) is 0 Å². The normalized spacial score (nSPS) is 10.5. The Morgan fingerprint density at radius 1 is 0.530 bits per heavy atom. The van der Waals surface area contributed by atoms with Crippen molar-refractivity contribution in [1.29, 1.82) is 0 Å². The Labute approximate surface area is 771 Å². The molecule has 0 saturated carbocycles. The maximum Gasteiger partial charge on any atom is 0.377 e. The Balaban J connectivity index is 0.000000732. The van der Waals surface area contributed by atoms with Crippen LogP contribution < -0.4 is 50.5 Å². The van der Waals surface area contributed by atoms with E-state index in [0.29, 0.717) is 52.4 Å². The number of methoxy groups -OCH3 is 1. The quantitative estimate of drug-likeness (QED) is 0.00917. The van der Waals surface area contributed by atoms with Crippen LogP contribution in [0.25, 0.3) is 0 Å². The molecule has 0 bridgehead atoms. The number of ether oxygens (including phenoxy) is 1. The number of Topliss-reactive ketones (excluding diaryl/α,β-unsaturated/α-hetero) is 2. The molecule has 134 heavy (non-hydrogen) atoms. The SMILES string of the molecule is CC(=O)c1ncnn1C(C)C.CC(C)c1ncn[nH]1.CC(C)c1ncnn1C.CC(C)c1noc(C(=O)N(C)O)n1.CC(C)c1noc(C(=O)NN)n1.CC(C)c1noc(C(=O)NO)n1.CC(C)n1ccc(=O)[nH]c1=O.CC(C)n1ccc(N)nc1=O.CC(C)n1cnc(C(N)=O)n1.CCC(=O)c1ncnn1C(C)C.CNC(=O)c1ncn(C(C)C)n1.COC(=O)c1ncn(C(C)C)n1. The number of rotatable bonds is 21. The van der Waals surface area contributed by atoms with Crippen molar-refractivity contribution >= 4 is 52.9 Å². The number of aromatic amines is 2. The lowest BCUT2D eigenvalue weighted by molar-refractivity contribution is -0.0407. The molecule has 12 rings (SSSR count). The number of nitrogens with two attached hydrogens (primary N) is 3. The van der Waals surface area contributed by atoms with Gasteiger partial charge in [-0.2, -0.15) is 40.3 Å². The van der Waals surface area contributed by atoms with E-state index in [1.165, 1.54) is 79.6 Å². The Morgan fingerprint density at radius 3 is 1.30 bits per heavy atom. The summed E-state index contributed by atoms with van der Waals surface area (Å²) in [4.78, 5) is 164. The van der Waals surface area contributed by atoms with E-state index in [1.807, 2.05) is 158 Å². The highest BCUT2D eigenvalue weighted by atomic mass is 16.5. The van der Waals surface area contributed by atoms with E-state index >= 15 is 0 Å². The van der Waals surface area contributed by atoms with Crippen LogP contribution in [0.1, 0.15) is 373 Å². The number of H-pyrrole nitrogens is 2. The zero-order chi connectivity index (χ0) is 102. The summed E-state index contributed by atoms with van der Waals surface area (Å²) in [6, 6.07) is 4.19. The van der Waals surface area contributed by atoms with Crippen molar-refractivity contribution in [1.82, 2.24) is 175 Å². The Morgan fingerprint density at radius 2 is 0.970 bits per heavy atom. The summed E-state index contributed by atoms with van der Waals surface area (Å²) < 4.78 is 31.1. The van der Waals surface area contributed by atoms with E-state index in [0.717, 1.165) is 11.6 Å². The summed E-state index contributed by atoms with van der Waals surface area (Å²) in [6.07, 6.45) is 14.1. The van der Waals surface area contributed by atoms with Crippen molar-refractivity contribution in [2.45, 2.75) is 258 Å². The molecular weight excluding hydrogens is 1750 g/mol. The molecule has 0 atom stereocenters. The Bertz CT molecular complexity index is 5430. The third-order valence-electron chi connectivity index (χ3n) is 16.2. The number of nitrogens with zero attached hydrogens (tertiary/aromatic N) is 30. The number of hydrogen-bond acceptors (Lipinski definition) is 40. The number of aromatic nitrogens is 31. The van der Waals surface area contributed by atoms with E-state index in [1.54, 1.807) is 60.1 Å². The van der Waals surface area contributed by atoms with Crippen LogP contribution in [0.15, 0.2) is 96.8 Å². The average Bonchev–Trinajstić information content (AvgIpc) is 1.73. The number of aryl methyl sites for hydroxylation is 1. The molecule has 55 heteroatoms. The third-order valence-corrected chi connectivity index (χ3v) is 16.2. The fourth-order valence-electron chi connectivity index (χ4n) is 8.85. The highest BCUT2D eigenvalue weighted by Crippen LogP contribution is 2.15. The fraction of sp³-hybridized carbons (Fsp3) is 0.544. The summed E-state index contributed by atoms with van der Waals surface area (Å²) in [7, 11) is 5.96. The second-order valence-electron chi connectivity index (χ2n) is 31.2. The van der Waals surface area contributed by atoms with Gasteiger partial charge in [0.15, 0.2) is 40.7 Å². The standard InChI is InChI=1S/C8H13N3O.C7H12N4O.C7H11N3O3.C7H11N3O2.2C7H11N3O.C7H10N2O2.C6H10N4O2.C6H10N4O.C6H9N3O3.C6H11N3.C5H9N3/c1-4-7(12)8-9-5-10-11(8)6(2)3;1-5(2)11-4-9-6(10-11)7(12)8-3;1-4(2)5-8-6(13-9-5)7(11)10(3)12;1-5(2)10-4-8-6(9-10)7(11)12-3;1-5(2)10-7(6(3)11)8-4-9-10;1-5(2)10-4-3-6(8)9-7(10)11;1-5(2)9-4-3-6(10)8-7(9)11;1-3(2)4-8-6(12-10-4)5(11)9-7;1-4(2)10-3-8-6(9-10)5(7)11;1-3(2)4-7-6(12-9-4)5(10)8-11;1-5(2)6-7-4-8-9(6)3;1-4(2)5-6-3-7-8-5/h5-6H,4H2,1-3H3;4-5H,1-3H3,(H,8,12);4,12H,1-3H3;4-5H,1-3H3;4-5H,1-3H3;3-5H,1-2H3,(H2,8,9,11);3-5H,1-2H3,(H,8,10,11);3H,7H2,1-2H3,(H,9,11);3-4H,1-2H3,(H2,7,11);3,11H,1-2H3,(H,8,10);4-5H,1-3H3;3-4H,1-2H3,(H,6,7,8). The first-order valence-electron chi connectivity index (χ1n) is 41.7. The largest absolute Gasteiger partial charge is 0.463 e. The van der Waals surface area contributed by atoms with E-state index in [2.05, 4.69) is 167 Å². The smallest absolute Gasteiger partial charge is 0.377 e. The zero-order valence-electron chi connectivity index (χ0n) is 81.2. The molecule has 0 fully saturated rings. The summed E-state index contributed by atoms with van der Waals surface area (Å²) >= 11 is 0. The van der Waals surface area contributed by atoms with Crippen molar-refractivity contribution in [2.24, 2.45) is 18.6 Å². The lowest BCUT2D eigenvalue weighted by atomic mass is 10.2. The van der Waals surface area contributed by atoms with Crippen LogP contribution in [-0.4, -0.2) is 237 Å². The number of anilines is 1. The number of nitrogens with one attached hydrogen (secondary N) is 5. The summed E-state index contributed by atoms with van der Waals surface area (Å²) in [6.45, 7) is 50.1. The van der Waals surface area contributed by atoms with Gasteiger partial charge in [-0.3, -0.25) is 78.1 Å². The van der Waals surface area contributed by atoms with Gasteiger partial charge in [0.1, 0.15) is 61.8 Å². The highest BCUT2D eigenvalue weighted by Gasteiger charge is 2.22. The van der Waals surface area contributed by atoms with Crippen LogP contribution in [0.3, 0.4) is 0 Å². The minimum atomic E-state index is -0.797. The monoisotopic (exact) mass is 1880 g/mol. The van der Waals surface area contributed by atoms with Crippen molar-refractivity contribution in [3.05, 3.63) is 176 Å². The van der Waals surface area contributed by atoms with Crippen molar-refractivity contribution < 1.29 is 67.1 Å². The van der Waals surface area contributed by atoms with Gasteiger partial charge in [0.05, 0.1) is 7.11 Å². The van der Waals surface area contributed by atoms with Gasteiger partial charge in [-0.25, -0.2) is 89.1 Å². The van der Waals surface area contributed by atoms with Crippen LogP contribution in [0.4, 0.5) is 5.82 Å². The minimum Gasteiger partial charge on any atom is -0.463 e. The topological polar surface area (TPSA) is 736 Å². The fourth-order valence-corrected chi connectivity index (χ4v) is 8.85. The Kier molecular flexibility index (Phi) is 51.6. The molecule has 12 aromatic rings. The molecule has 736 valence electrons. The van der Waals surface area contributed by atoms with Gasteiger partial charge in [-0.15, -0.1) is 15.3 Å². The van der Waals surface area contributed by atoms with E-state index in [9.17, 15) is 52.7 Å². The molecule has 5 amide bonds. The molecular formula is C79H128N38O17. The van der Waals surface area contributed by atoms with Gasteiger partial charge < -0.3 is 35.1 Å². The number of carbonyl (C=O) groups is 8. The van der Waals surface area contributed by atoms with Crippen LogP contribution in [-0.2, 0) is 11.8 Å². The number of esters is 1. The number of hydrazine groups is 1. The molecule has 0 spiro atoms. The predicted octanol–water partition coefficient (Wildman–Crippen LogP) is 6.49. The summed E-state index contributed by atoms with van der Waals surface area (Å²) in [5.41, 5.74) is 12.5.